The van der Waals surface area contributed by atoms with Gasteiger partial charge in [-0.3, -0.25) is 10.2 Å². The van der Waals surface area contributed by atoms with E-state index in [0.717, 1.165) is 15.6 Å². The first-order valence-electron chi connectivity index (χ1n) is 9.46. The molecule has 0 bridgehead atoms. The quantitative estimate of drug-likeness (QED) is 0.324. The van der Waals surface area contributed by atoms with Gasteiger partial charge >= 0.3 is 0 Å². The number of aromatic hydroxyl groups is 1. The number of carbonyl (C=O) groups excluding carboxylic acids is 1. The van der Waals surface area contributed by atoms with Crippen molar-refractivity contribution in [1.29, 1.82) is 0 Å². The lowest BCUT2D eigenvalue weighted by Gasteiger charge is -2.30. The molecule has 0 aliphatic carbocycles. The van der Waals surface area contributed by atoms with Gasteiger partial charge in [-0.1, -0.05) is 76.6 Å². The lowest BCUT2D eigenvalue weighted by atomic mass is 9.80. The Kier molecular flexibility index (Phi) is 6.20. The smallest absolute Gasteiger partial charge is 0.287 e. The van der Waals surface area contributed by atoms with Crippen molar-refractivity contribution in [2.24, 2.45) is 10.2 Å². The van der Waals surface area contributed by atoms with Crippen LogP contribution in [0.5, 0.6) is 5.75 Å². The molecule has 3 aromatic rings. The van der Waals surface area contributed by atoms with Crippen LogP contribution in [0.15, 0.2) is 91.9 Å². The molecule has 4 rings (SSSR count). The molecule has 3 N–H and O–H groups in total. The van der Waals surface area contributed by atoms with Gasteiger partial charge in [0.15, 0.2) is 0 Å². The Morgan fingerprint density at radius 1 is 1.03 bits per heavy atom. The van der Waals surface area contributed by atoms with Crippen molar-refractivity contribution in [3.63, 3.8) is 0 Å². The normalized spacial score (nSPS) is 14.8. The highest BCUT2D eigenvalue weighted by molar-refractivity contribution is 9.11. The van der Waals surface area contributed by atoms with Crippen molar-refractivity contribution in [2.75, 3.05) is 0 Å². The van der Waals surface area contributed by atoms with Crippen LogP contribution in [0.3, 0.4) is 0 Å². The fourth-order valence-corrected chi connectivity index (χ4v) is 4.54. The van der Waals surface area contributed by atoms with Gasteiger partial charge in [0.2, 0.25) is 0 Å². The van der Waals surface area contributed by atoms with Crippen molar-refractivity contribution < 1.29 is 9.90 Å². The van der Waals surface area contributed by atoms with Crippen LogP contribution in [0.4, 0.5) is 0 Å². The summed E-state index contributed by atoms with van der Waals surface area (Å²) < 4.78 is 1.28. The average molecular weight is 542 g/mol. The fraction of sp³-hybridized carbons (Fsp3) is 0.0870. The zero-order chi connectivity index (χ0) is 21.8. The first-order chi connectivity index (χ1) is 15.0. The van der Waals surface area contributed by atoms with E-state index in [9.17, 15) is 9.90 Å². The van der Waals surface area contributed by atoms with E-state index in [1.165, 1.54) is 12.3 Å². The Hall–Kier alpha value is -2.97. The molecule has 0 saturated carbocycles. The molecule has 0 radical (unpaired) electrons. The number of rotatable bonds is 5. The Morgan fingerprint density at radius 2 is 1.65 bits per heavy atom. The van der Waals surface area contributed by atoms with Crippen LogP contribution in [0.1, 0.15) is 23.1 Å². The molecule has 1 aliphatic heterocycles. The molecular formula is C23H18Br2N4O2. The van der Waals surface area contributed by atoms with Gasteiger partial charge in [-0.15, -0.1) is 0 Å². The van der Waals surface area contributed by atoms with E-state index in [1.807, 2.05) is 60.7 Å². The van der Waals surface area contributed by atoms with Crippen LogP contribution >= 0.6 is 31.9 Å². The van der Waals surface area contributed by atoms with Gasteiger partial charge in [0.05, 0.1) is 10.7 Å². The highest BCUT2D eigenvalue weighted by Crippen LogP contribution is 2.36. The number of phenols is 1. The summed E-state index contributed by atoms with van der Waals surface area (Å²) in [7, 11) is 0. The Balaban J connectivity index is 1.52. The van der Waals surface area contributed by atoms with Crippen LogP contribution in [-0.2, 0) is 10.3 Å². The zero-order valence-electron chi connectivity index (χ0n) is 16.2. The molecule has 0 aromatic heterocycles. The second-order valence-corrected chi connectivity index (χ2v) is 8.72. The van der Waals surface area contributed by atoms with E-state index in [-0.39, 0.29) is 5.75 Å². The molecule has 1 heterocycles. The Bertz CT molecular complexity index is 1130. The number of phenolic OH excluding ortho intramolecular Hbond substituents is 1. The third kappa shape index (κ3) is 4.40. The van der Waals surface area contributed by atoms with Crippen molar-refractivity contribution in [1.82, 2.24) is 10.9 Å². The summed E-state index contributed by atoms with van der Waals surface area (Å²) in [5.74, 6) is -0.314. The standard InChI is InChI=1S/C23H18Br2N4O2/c24-18-12-19(25)21(30)11-15(18)14-26-28-22(31)20-13-23(29-27-20,16-7-3-1-4-8-16)17-9-5-2-6-10-17/h1-12,14,29-30H,13H2,(H,28,31). The predicted octanol–water partition coefficient (Wildman–Crippen LogP) is 4.66. The largest absolute Gasteiger partial charge is 0.507 e. The molecule has 8 heteroatoms. The molecule has 1 aliphatic rings. The minimum absolute atomic E-state index is 0.0795. The topological polar surface area (TPSA) is 86.1 Å². The summed E-state index contributed by atoms with van der Waals surface area (Å²) in [6.07, 6.45) is 1.84. The molecule has 6 nitrogen and oxygen atoms in total. The summed E-state index contributed by atoms with van der Waals surface area (Å²) in [6, 6.07) is 23.1. The molecule has 0 atom stereocenters. The van der Waals surface area contributed by atoms with Gasteiger partial charge in [-0.25, -0.2) is 5.43 Å². The fourth-order valence-electron chi connectivity index (χ4n) is 3.45. The minimum Gasteiger partial charge on any atom is -0.507 e. The molecule has 1 amide bonds. The van der Waals surface area contributed by atoms with Gasteiger partial charge in [0.25, 0.3) is 5.91 Å². The number of benzene rings is 3. The molecule has 0 spiro atoms. The number of nitrogens with zero attached hydrogens (tertiary/aromatic N) is 2. The van der Waals surface area contributed by atoms with E-state index in [1.54, 1.807) is 6.07 Å². The maximum Gasteiger partial charge on any atom is 0.287 e. The third-order valence-electron chi connectivity index (χ3n) is 5.05. The second-order valence-electron chi connectivity index (χ2n) is 7.01. The number of carbonyl (C=O) groups is 1. The van der Waals surface area contributed by atoms with Crippen LogP contribution in [0, 0.1) is 0 Å². The van der Waals surface area contributed by atoms with Crippen LogP contribution in [0.25, 0.3) is 0 Å². The van der Waals surface area contributed by atoms with Crippen LogP contribution in [-0.4, -0.2) is 22.9 Å². The number of hydrogen-bond acceptors (Lipinski definition) is 5. The maximum absolute atomic E-state index is 12.7. The molecule has 0 unspecified atom stereocenters. The van der Waals surface area contributed by atoms with Gasteiger partial charge in [0, 0.05) is 16.5 Å². The SMILES string of the molecule is O=C(NN=Cc1cc(O)c(Br)cc1Br)C1=NNC(c2ccccc2)(c2ccccc2)C1. The summed E-state index contributed by atoms with van der Waals surface area (Å²) in [6.45, 7) is 0. The van der Waals surface area contributed by atoms with E-state index < -0.39 is 11.4 Å². The first kappa shape index (κ1) is 21.3. The predicted molar refractivity (Wildman–Crippen MR) is 128 cm³/mol. The lowest BCUT2D eigenvalue weighted by molar-refractivity contribution is -0.114. The summed E-state index contributed by atoms with van der Waals surface area (Å²) >= 11 is 6.65. The summed E-state index contributed by atoms with van der Waals surface area (Å²) in [5.41, 5.74) is 8.10. The van der Waals surface area contributed by atoms with Crippen LogP contribution in [0.2, 0.25) is 0 Å². The second kappa shape index (κ2) is 9.03. The monoisotopic (exact) mass is 540 g/mol. The summed E-state index contributed by atoms with van der Waals surface area (Å²) in [4.78, 5) is 12.7. The number of hydrogen-bond donors (Lipinski definition) is 3. The van der Waals surface area contributed by atoms with E-state index in [2.05, 4.69) is 52.9 Å². The summed E-state index contributed by atoms with van der Waals surface area (Å²) in [5, 5.41) is 18.2. The number of amides is 1. The molecular weight excluding hydrogens is 524 g/mol. The lowest BCUT2D eigenvalue weighted by Crippen LogP contribution is -2.38. The number of halogens is 2. The molecule has 156 valence electrons. The third-order valence-corrected chi connectivity index (χ3v) is 6.37. The van der Waals surface area contributed by atoms with Crippen LogP contribution < -0.4 is 10.9 Å². The van der Waals surface area contributed by atoms with Crippen molar-refractivity contribution in [3.05, 3.63) is 98.4 Å². The van der Waals surface area contributed by atoms with Gasteiger partial charge in [-0.05, 0) is 39.2 Å². The molecule has 31 heavy (non-hydrogen) atoms. The Morgan fingerprint density at radius 3 is 2.26 bits per heavy atom. The Labute approximate surface area is 196 Å². The van der Waals surface area contributed by atoms with Gasteiger partial charge in [0.1, 0.15) is 17.0 Å². The maximum atomic E-state index is 12.7. The van der Waals surface area contributed by atoms with E-state index >= 15 is 0 Å². The molecule has 0 saturated heterocycles. The highest BCUT2D eigenvalue weighted by atomic mass is 79.9. The molecule has 0 fully saturated rings. The van der Waals surface area contributed by atoms with Crippen molar-refractivity contribution in [3.8, 4) is 5.75 Å². The number of hydrazone groups is 2. The average Bonchev–Trinajstić information content (AvgIpc) is 3.25. The van der Waals surface area contributed by atoms with Gasteiger partial charge in [-0.2, -0.15) is 10.2 Å². The van der Waals surface area contributed by atoms with Gasteiger partial charge < -0.3 is 5.11 Å². The zero-order valence-corrected chi connectivity index (χ0v) is 19.4. The number of nitrogens with one attached hydrogen (secondary N) is 2. The first-order valence-corrected chi connectivity index (χ1v) is 11.0. The van der Waals surface area contributed by atoms with Crippen molar-refractivity contribution in [2.45, 2.75) is 12.0 Å². The molecule has 3 aromatic carbocycles. The van der Waals surface area contributed by atoms with Crippen molar-refractivity contribution >= 4 is 49.7 Å². The highest BCUT2D eigenvalue weighted by Gasteiger charge is 2.41. The van der Waals surface area contributed by atoms with E-state index in [0.29, 0.717) is 22.2 Å². The minimum atomic E-state index is -0.626. The van der Waals surface area contributed by atoms with E-state index in [4.69, 9.17) is 0 Å².